The predicted octanol–water partition coefficient (Wildman–Crippen LogP) is 3.18. The molecule has 2 aromatic heterocycles. The van der Waals surface area contributed by atoms with E-state index in [-0.39, 0.29) is 0 Å². The van der Waals surface area contributed by atoms with E-state index in [0.29, 0.717) is 11.6 Å². The molecule has 21 heavy (non-hydrogen) atoms. The summed E-state index contributed by atoms with van der Waals surface area (Å²) in [6.45, 7) is 6.38. The highest BCUT2D eigenvalue weighted by Gasteiger charge is 2.12. The normalized spacial score (nSPS) is 10.7. The fourth-order valence-electron chi connectivity index (χ4n) is 2.22. The van der Waals surface area contributed by atoms with Crippen LogP contribution in [0.5, 0.6) is 0 Å². The topological polar surface area (TPSA) is 41.1 Å². The number of aromatic nitrogens is 2. The first kappa shape index (κ1) is 15.7. The summed E-state index contributed by atoms with van der Waals surface area (Å²) in [5, 5.41) is 3.78. The smallest absolute Gasteiger partial charge is 0.147 e. The molecule has 0 saturated carbocycles. The van der Waals surface area contributed by atoms with Crippen molar-refractivity contribution in [2.75, 3.05) is 18.5 Å². The van der Waals surface area contributed by atoms with Gasteiger partial charge in [0.1, 0.15) is 5.82 Å². The average molecular weight is 305 g/mol. The minimum atomic E-state index is 0.678. The van der Waals surface area contributed by atoms with Gasteiger partial charge >= 0.3 is 0 Å². The monoisotopic (exact) mass is 304 g/mol. The summed E-state index contributed by atoms with van der Waals surface area (Å²) < 4.78 is 0. The zero-order valence-electron chi connectivity index (χ0n) is 12.7. The molecule has 0 bridgehead atoms. The van der Waals surface area contributed by atoms with Gasteiger partial charge in [-0.05, 0) is 44.7 Å². The van der Waals surface area contributed by atoms with Crippen LogP contribution in [0.4, 0.5) is 5.82 Å². The number of anilines is 1. The van der Waals surface area contributed by atoms with E-state index in [4.69, 9.17) is 11.6 Å². The standard InChI is InChI=1S/C16H21ClN4/c1-4-21(11-14-7-5-6-12(2)20-14)16-15(17)8-13(9-18-3)10-19-16/h5-8,10,18H,4,9,11H2,1-3H3. The minimum absolute atomic E-state index is 0.678. The largest absolute Gasteiger partial charge is 0.350 e. The molecule has 0 spiro atoms. The van der Waals surface area contributed by atoms with E-state index in [1.807, 2.05) is 44.4 Å². The van der Waals surface area contributed by atoms with Gasteiger partial charge in [-0.15, -0.1) is 0 Å². The summed E-state index contributed by atoms with van der Waals surface area (Å²) in [6, 6.07) is 8.01. The fraction of sp³-hybridized carbons (Fsp3) is 0.375. The Balaban J connectivity index is 2.21. The molecule has 2 heterocycles. The van der Waals surface area contributed by atoms with Gasteiger partial charge in [0.05, 0.1) is 17.3 Å². The molecule has 0 aliphatic heterocycles. The molecule has 4 nitrogen and oxygen atoms in total. The first-order valence-corrected chi connectivity index (χ1v) is 7.48. The molecule has 0 atom stereocenters. The van der Waals surface area contributed by atoms with E-state index in [1.54, 1.807) is 0 Å². The molecule has 0 aromatic carbocycles. The molecular weight excluding hydrogens is 284 g/mol. The van der Waals surface area contributed by atoms with Crippen molar-refractivity contribution in [3.8, 4) is 0 Å². The Labute approximate surface area is 131 Å². The zero-order valence-corrected chi connectivity index (χ0v) is 13.5. The van der Waals surface area contributed by atoms with Crippen molar-refractivity contribution in [2.45, 2.75) is 26.9 Å². The summed E-state index contributed by atoms with van der Waals surface area (Å²) >= 11 is 6.38. The van der Waals surface area contributed by atoms with Crippen LogP contribution in [-0.4, -0.2) is 23.6 Å². The number of pyridine rings is 2. The first-order chi connectivity index (χ1) is 10.1. The average Bonchev–Trinajstić information content (AvgIpc) is 2.46. The van der Waals surface area contributed by atoms with Crippen LogP contribution in [0.1, 0.15) is 23.9 Å². The van der Waals surface area contributed by atoms with Gasteiger partial charge in [-0.3, -0.25) is 4.98 Å². The van der Waals surface area contributed by atoms with E-state index in [1.165, 1.54) is 0 Å². The van der Waals surface area contributed by atoms with Crippen molar-refractivity contribution in [1.29, 1.82) is 0 Å². The summed E-state index contributed by atoms with van der Waals surface area (Å²) in [4.78, 5) is 11.2. The third kappa shape index (κ3) is 4.16. The van der Waals surface area contributed by atoms with Crippen molar-refractivity contribution in [3.05, 3.63) is 52.4 Å². The molecule has 0 radical (unpaired) electrons. The summed E-state index contributed by atoms with van der Waals surface area (Å²) in [6.07, 6.45) is 1.87. The van der Waals surface area contributed by atoms with Gasteiger partial charge in [-0.1, -0.05) is 17.7 Å². The predicted molar refractivity (Wildman–Crippen MR) is 87.7 cm³/mol. The number of nitrogens with zero attached hydrogens (tertiary/aromatic N) is 3. The van der Waals surface area contributed by atoms with Crippen LogP contribution in [0.15, 0.2) is 30.5 Å². The highest BCUT2D eigenvalue weighted by molar-refractivity contribution is 6.33. The Morgan fingerprint density at radius 2 is 2.14 bits per heavy atom. The summed E-state index contributed by atoms with van der Waals surface area (Å²) in [5.41, 5.74) is 3.12. The van der Waals surface area contributed by atoms with Gasteiger partial charge in [0.15, 0.2) is 0 Å². The number of halogens is 1. The fourth-order valence-corrected chi connectivity index (χ4v) is 2.53. The van der Waals surface area contributed by atoms with Crippen LogP contribution < -0.4 is 10.2 Å². The minimum Gasteiger partial charge on any atom is -0.350 e. The maximum atomic E-state index is 6.38. The second-order valence-electron chi connectivity index (χ2n) is 4.96. The third-order valence-electron chi connectivity index (χ3n) is 3.24. The Bertz CT molecular complexity index is 601. The molecular formula is C16H21ClN4. The van der Waals surface area contributed by atoms with Crippen LogP contribution in [-0.2, 0) is 13.1 Å². The van der Waals surface area contributed by atoms with Gasteiger partial charge in [-0.2, -0.15) is 0 Å². The summed E-state index contributed by atoms with van der Waals surface area (Å²) in [7, 11) is 1.91. The highest BCUT2D eigenvalue weighted by Crippen LogP contribution is 2.25. The molecule has 0 fully saturated rings. The van der Waals surface area contributed by atoms with E-state index >= 15 is 0 Å². The number of nitrogens with one attached hydrogen (secondary N) is 1. The lowest BCUT2D eigenvalue weighted by atomic mass is 10.2. The molecule has 1 N–H and O–H groups in total. The lowest BCUT2D eigenvalue weighted by molar-refractivity contribution is 0.782. The number of hydrogen-bond donors (Lipinski definition) is 1. The van der Waals surface area contributed by atoms with E-state index in [0.717, 1.165) is 35.9 Å². The van der Waals surface area contributed by atoms with Crippen LogP contribution in [0.2, 0.25) is 5.02 Å². The lowest BCUT2D eigenvalue weighted by Gasteiger charge is -2.23. The van der Waals surface area contributed by atoms with Gasteiger partial charge < -0.3 is 10.2 Å². The Morgan fingerprint density at radius 3 is 2.76 bits per heavy atom. The molecule has 2 rings (SSSR count). The van der Waals surface area contributed by atoms with E-state index in [2.05, 4.69) is 27.1 Å². The van der Waals surface area contributed by atoms with Gasteiger partial charge in [0, 0.05) is 25.0 Å². The van der Waals surface area contributed by atoms with Crippen molar-refractivity contribution in [2.24, 2.45) is 0 Å². The van der Waals surface area contributed by atoms with Crippen molar-refractivity contribution in [1.82, 2.24) is 15.3 Å². The molecule has 112 valence electrons. The van der Waals surface area contributed by atoms with E-state index < -0.39 is 0 Å². The zero-order chi connectivity index (χ0) is 15.2. The maximum Gasteiger partial charge on any atom is 0.147 e. The molecule has 0 saturated heterocycles. The third-order valence-corrected chi connectivity index (χ3v) is 3.52. The second kappa shape index (κ2) is 7.38. The summed E-state index contributed by atoms with van der Waals surface area (Å²) in [5.74, 6) is 0.808. The molecule has 2 aromatic rings. The maximum absolute atomic E-state index is 6.38. The molecule has 5 heteroatoms. The molecule has 0 unspecified atom stereocenters. The number of hydrogen-bond acceptors (Lipinski definition) is 4. The highest BCUT2D eigenvalue weighted by atomic mass is 35.5. The van der Waals surface area contributed by atoms with E-state index in [9.17, 15) is 0 Å². The van der Waals surface area contributed by atoms with Crippen LogP contribution in [0.3, 0.4) is 0 Å². The van der Waals surface area contributed by atoms with Crippen LogP contribution >= 0.6 is 11.6 Å². The molecule has 0 aliphatic rings. The van der Waals surface area contributed by atoms with Crippen molar-refractivity contribution in [3.63, 3.8) is 0 Å². The van der Waals surface area contributed by atoms with Gasteiger partial charge in [-0.25, -0.2) is 4.98 Å². The Morgan fingerprint density at radius 1 is 1.33 bits per heavy atom. The Kier molecular flexibility index (Phi) is 5.53. The van der Waals surface area contributed by atoms with Crippen LogP contribution in [0.25, 0.3) is 0 Å². The van der Waals surface area contributed by atoms with Crippen LogP contribution in [0, 0.1) is 6.92 Å². The lowest BCUT2D eigenvalue weighted by Crippen LogP contribution is -2.24. The number of aryl methyl sites for hydroxylation is 1. The van der Waals surface area contributed by atoms with Crippen molar-refractivity contribution < 1.29 is 0 Å². The second-order valence-corrected chi connectivity index (χ2v) is 5.37. The number of rotatable bonds is 6. The quantitative estimate of drug-likeness (QED) is 0.890. The SMILES string of the molecule is CCN(Cc1cccc(C)n1)c1ncc(CNC)cc1Cl. The first-order valence-electron chi connectivity index (χ1n) is 7.10. The van der Waals surface area contributed by atoms with Crippen molar-refractivity contribution >= 4 is 17.4 Å². The Hall–Kier alpha value is -1.65. The molecule has 0 aliphatic carbocycles. The molecule has 0 amide bonds. The van der Waals surface area contributed by atoms with Gasteiger partial charge in [0.2, 0.25) is 0 Å². The van der Waals surface area contributed by atoms with Gasteiger partial charge in [0.25, 0.3) is 0 Å².